The summed E-state index contributed by atoms with van der Waals surface area (Å²) in [5.74, 6) is 0. The van der Waals surface area contributed by atoms with Gasteiger partial charge in [-0.2, -0.15) is 0 Å². The molecule has 0 aliphatic carbocycles. The third-order valence-electron chi connectivity index (χ3n) is 2.03. The van der Waals surface area contributed by atoms with E-state index >= 15 is 0 Å². The van der Waals surface area contributed by atoms with Gasteiger partial charge in [0.25, 0.3) is 0 Å². The predicted octanol–water partition coefficient (Wildman–Crippen LogP) is 1.46. The van der Waals surface area contributed by atoms with E-state index in [0.29, 0.717) is 0 Å². The van der Waals surface area contributed by atoms with Crippen LogP contribution in [0, 0.1) is 0 Å². The Bertz CT molecular complexity index is 269. The number of rotatable bonds is 1. The smallest absolute Gasteiger partial charge is 0.0340 e. The van der Waals surface area contributed by atoms with E-state index < -0.39 is 0 Å². The lowest BCUT2D eigenvalue weighted by Crippen LogP contribution is -2.04. The van der Waals surface area contributed by atoms with Crippen molar-refractivity contribution < 1.29 is 0 Å². The van der Waals surface area contributed by atoms with Gasteiger partial charge in [0.15, 0.2) is 0 Å². The lowest BCUT2D eigenvalue weighted by molar-refractivity contribution is 0.862. The molecule has 0 unspecified atom stereocenters. The molecule has 1 N–H and O–H groups in total. The zero-order chi connectivity index (χ0) is 8.23. The monoisotopic (exact) mass is 160 g/mol. The highest BCUT2D eigenvalue weighted by Crippen LogP contribution is 2.10. The Labute approximate surface area is 72.3 Å². The first-order chi connectivity index (χ1) is 5.95. The number of hydrogen-bond donors (Lipinski definition) is 1. The van der Waals surface area contributed by atoms with Crippen LogP contribution in [0.4, 0.5) is 0 Å². The predicted molar refractivity (Wildman–Crippen MR) is 49.7 cm³/mol. The van der Waals surface area contributed by atoms with Crippen molar-refractivity contribution in [2.24, 2.45) is 0 Å². The highest BCUT2D eigenvalue weighted by molar-refractivity contribution is 5.52. The normalized spacial score (nSPS) is 20.2. The van der Waals surface area contributed by atoms with Crippen LogP contribution in [0.1, 0.15) is 12.0 Å². The first kappa shape index (κ1) is 7.50. The van der Waals surface area contributed by atoms with Crippen molar-refractivity contribution in [3.05, 3.63) is 35.7 Å². The van der Waals surface area contributed by atoms with E-state index in [1.807, 2.05) is 12.3 Å². The van der Waals surface area contributed by atoms with Crippen LogP contribution in [0.15, 0.2) is 30.1 Å². The molecular weight excluding hydrogens is 148 g/mol. The summed E-state index contributed by atoms with van der Waals surface area (Å²) in [6.07, 6.45) is 7.09. The Morgan fingerprint density at radius 1 is 1.50 bits per heavy atom. The van der Waals surface area contributed by atoms with Gasteiger partial charge in [0, 0.05) is 18.9 Å². The second-order valence-electron chi connectivity index (χ2n) is 3.02. The first-order valence-corrected chi connectivity index (χ1v) is 4.25. The van der Waals surface area contributed by atoms with E-state index in [-0.39, 0.29) is 0 Å². The van der Waals surface area contributed by atoms with Crippen molar-refractivity contribution in [1.29, 1.82) is 0 Å². The number of hydrogen-bond acceptors (Lipinski definition) is 2. The fraction of sp³-hybridized carbons (Fsp3) is 0.300. The summed E-state index contributed by atoms with van der Waals surface area (Å²) >= 11 is 0. The second-order valence-corrected chi connectivity index (χ2v) is 3.02. The third kappa shape index (κ3) is 1.71. The zero-order valence-corrected chi connectivity index (χ0v) is 6.96. The fourth-order valence-electron chi connectivity index (χ4n) is 1.41. The van der Waals surface area contributed by atoms with E-state index in [1.54, 1.807) is 6.20 Å². The molecule has 1 aliphatic heterocycles. The molecule has 2 rings (SSSR count). The second kappa shape index (κ2) is 3.50. The van der Waals surface area contributed by atoms with Gasteiger partial charge in [-0.3, -0.25) is 4.98 Å². The molecule has 0 bridgehead atoms. The number of nitrogens with zero attached hydrogens (tertiary/aromatic N) is 1. The average molecular weight is 160 g/mol. The molecule has 62 valence electrons. The molecule has 0 aromatic carbocycles. The van der Waals surface area contributed by atoms with E-state index in [2.05, 4.69) is 22.4 Å². The van der Waals surface area contributed by atoms with Gasteiger partial charge >= 0.3 is 0 Å². The van der Waals surface area contributed by atoms with Crippen molar-refractivity contribution in [2.45, 2.75) is 6.42 Å². The van der Waals surface area contributed by atoms with E-state index in [1.165, 1.54) is 17.6 Å². The van der Waals surface area contributed by atoms with Crippen molar-refractivity contribution in [3.8, 4) is 0 Å². The van der Waals surface area contributed by atoms with Gasteiger partial charge in [-0.1, -0.05) is 17.7 Å². The van der Waals surface area contributed by atoms with E-state index in [4.69, 9.17) is 0 Å². The summed E-state index contributed by atoms with van der Waals surface area (Å²) in [6.45, 7) is 2.15. The van der Waals surface area contributed by atoms with Gasteiger partial charge in [-0.25, -0.2) is 0 Å². The van der Waals surface area contributed by atoms with Crippen molar-refractivity contribution in [3.63, 3.8) is 0 Å². The molecule has 0 atom stereocenters. The van der Waals surface area contributed by atoms with Crippen molar-refractivity contribution >= 4 is 6.08 Å². The minimum Gasteiger partial charge on any atom is -0.313 e. The van der Waals surface area contributed by atoms with Gasteiger partial charge in [0.1, 0.15) is 0 Å². The Hall–Kier alpha value is -1.15. The molecule has 1 fully saturated rings. The topological polar surface area (TPSA) is 24.9 Å². The molecule has 0 amide bonds. The molecule has 1 aromatic rings. The molecule has 2 heterocycles. The zero-order valence-electron chi connectivity index (χ0n) is 6.96. The number of aromatic nitrogens is 1. The van der Waals surface area contributed by atoms with Crippen LogP contribution in [0.25, 0.3) is 6.08 Å². The van der Waals surface area contributed by atoms with Crippen molar-refractivity contribution in [2.75, 3.05) is 13.1 Å². The minimum atomic E-state index is 1.04. The molecular formula is C10H12N2. The number of nitrogens with one attached hydrogen (secondary N) is 1. The number of pyridine rings is 1. The summed E-state index contributed by atoms with van der Waals surface area (Å²) in [7, 11) is 0. The maximum atomic E-state index is 4.06. The lowest BCUT2D eigenvalue weighted by atomic mass is 10.1. The summed E-state index contributed by atoms with van der Waals surface area (Å²) in [4.78, 5) is 4.06. The SMILES string of the molecule is C(=C1\CCNC1)/c1cccnc1. The van der Waals surface area contributed by atoms with Gasteiger partial charge in [0.2, 0.25) is 0 Å². The molecule has 0 spiro atoms. The van der Waals surface area contributed by atoms with Gasteiger partial charge < -0.3 is 5.32 Å². The van der Waals surface area contributed by atoms with Crippen LogP contribution in [-0.4, -0.2) is 18.1 Å². The highest BCUT2D eigenvalue weighted by atomic mass is 14.9. The van der Waals surface area contributed by atoms with Crippen LogP contribution in [0.5, 0.6) is 0 Å². The molecule has 2 heteroatoms. The Balaban J connectivity index is 2.16. The quantitative estimate of drug-likeness (QED) is 0.672. The fourth-order valence-corrected chi connectivity index (χ4v) is 1.41. The molecule has 0 saturated carbocycles. The summed E-state index contributed by atoms with van der Waals surface area (Å²) in [5, 5.41) is 3.30. The molecule has 0 radical (unpaired) electrons. The van der Waals surface area contributed by atoms with Crippen molar-refractivity contribution in [1.82, 2.24) is 10.3 Å². The van der Waals surface area contributed by atoms with E-state index in [9.17, 15) is 0 Å². The van der Waals surface area contributed by atoms with Gasteiger partial charge in [-0.05, 0) is 24.6 Å². The van der Waals surface area contributed by atoms with Crippen LogP contribution in [-0.2, 0) is 0 Å². The van der Waals surface area contributed by atoms with Gasteiger partial charge in [0.05, 0.1) is 0 Å². The largest absolute Gasteiger partial charge is 0.313 e. The van der Waals surface area contributed by atoms with Crippen LogP contribution < -0.4 is 5.32 Å². The lowest BCUT2D eigenvalue weighted by Gasteiger charge is -1.94. The standard InChI is InChI=1S/C10H12N2/c1-2-9(7-11-4-1)6-10-3-5-12-8-10/h1-2,4,6-7,12H,3,5,8H2/b10-6-. The molecule has 2 nitrogen and oxygen atoms in total. The Morgan fingerprint density at radius 2 is 2.50 bits per heavy atom. The maximum absolute atomic E-state index is 4.06. The third-order valence-corrected chi connectivity index (χ3v) is 2.03. The molecule has 12 heavy (non-hydrogen) atoms. The summed E-state index contributed by atoms with van der Waals surface area (Å²) in [6, 6.07) is 4.05. The molecule has 1 aromatic heterocycles. The van der Waals surface area contributed by atoms with Crippen LogP contribution in [0.2, 0.25) is 0 Å². The molecule has 1 saturated heterocycles. The van der Waals surface area contributed by atoms with Gasteiger partial charge in [-0.15, -0.1) is 0 Å². The first-order valence-electron chi connectivity index (χ1n) is 4.25. The van der Waals surface area contributed by atoms with E-state index in [0.717, 1.165) is 13.1 Å². The molecule has 1 aliphatic rings. The summed E-state index contributed by atoms with van der Waals surface area (Å²) < 4.78 is 0. The highest BCUT2D eigenvalue weighted by Gasteiger charge is 2.04. The summed E-state index contributed by atoms with van der Waals surface area (Å²) in [5.41, 5.74) is 2.68. The average Bonchev–Trinajstić information content (AvgIpc) is 2.59. The Kier molecular flexibility index (Phi) is 2.19. The minimum absolute atomic E-state index is 1.04. The Morgan fingerprint density at radius 3 is 3.17 bits per heavy atom. The maximum Gasteiger partial charge on any atom is 0.0340 e. The van der Waals surface area contributed by atoms with Crippen LogP contribution >= 0.6 is 0 Å². The van der Waals surface area contributed by atoms with Crippen LogP contribution in [0.3, 0.4) is 0 Å².